The number of amides is 1. The molecule has 13 heteroatoms. The molecule has 1 aliphatic heterocycles. The maximum atomic E-state index is 12.9. The first-order chi connectivity index (χ1) is 20.6. The Morgan fingerprint density at radius 3 is 2.49 bits per heavy atom. The Bertz CT molecular complexity index is 1650. The topological polar surface area (TPSA) is 152 Å². The van der Waals surface area contributed by atoms with Gasteiger partial charge in [-0.2, -0.15) is 0 Å². The molecule has 0 saturated carbocycles. The van der Waals surface area contributed by atoms with Crippen molar-refractivity contribution in [2.24, 2.45) is 10.1 Å². The van der Waals surface area contributed by atoms with Crippen LogP contribution in [0.1, 0.15) is 42.9 Å². The van der Waals surface area contributed by atoms with E-state index in [2.05, 4.69) is 64.2 Å². The second-order valence-corrected chi connectivity index (χ2v) is 16.6. The molecule has 0 aliphatic carbocycles. The van der Waals surface area contributed by atoms with Crippen molar-refractivity contribution in [3.8, 4) is 0 Å². The molecular weight excluding hydrogens is 562 g/mol. The summed E-state index contributed by atoms with van der Waals surface area (Å²) in [7, 11) is -2.35. The van der Waals surface area contributed by atoms with E-state index in [0.717, 1.165) is 5.56 Å². The number of carbonyl (C=O) groups is 1. The van der Waals surface area contributed by atoms with Crippen LogP contribution in [0.5, 0.6) is 0 Å². The van der Waals surface area contributed by atoms with Crippen LogP contribution >= 0.6 is 0 Å². The summed E-state index contributed by atoms with van der Waals surface area (Å²) < 4.78 is 15.4. The minimum absolute atomic E-state index is 0.0706. The zero-order valence-corrected chi connectivity index (χ0v) is 25.8. The van der Waals surface area contributed by atoms with Gasteiger partial charge >= 0.3 is 0 Å². The van der Waals surface area contributed by atoms with Crippen LogP contribution in [0.3, 0.4) is 0 Å². The Kier molecular flexibility index (Phi) is 8.69. The zero-order valence-electron chi connectivity index (χ0n) is 24.8. The minimum Gasteiger partial charge on any atom is -0.407 e. The molecule has 2 aromatic heterocycles. The average Bonchev–Trinajstić information content (AvgIpc) is 3.56. The number of rotatable bonds is 9. The third kappa shape index (κ3) is 6.49. The second kappa shape index (κ2) is 12.4. The normalized spacial score (nSPS) is 20.8. The smallest absolute Gasteiger partial charge is 0.256 e. The lowest BCUT2D eigenvalue weighted by atomic mass is 10.1. The Morgan fingerprint density at radius 1 is 1.12 bits per heavy atom. The zero-order chi connectivity index (χ0) is 30.6. The van der Waals surface area contributed by atoms with Gasteiger partial charge in [-0.25, -0.2) is 15.0 Å². The fraction of sp³-hybridized carbons (Fsp3) is 0.367. The van der Waals surface area contributed by atoms with E-state index in [0.29, 0.717) is 16.7 Å². The van der Waals surface area contributed by atoms with Crippen molar-refractivity contribution in [2.45, 2.75) is 63.4 Å². The van der Waals surface area contributed by atoms with E-state index in [9.17, 15) is 4.79 Å². The summed E-state index contributed by atoms with van der Waals surface area (Å²) in [6.45, 7) is 10.9. The largest absolute Gasteiger partial charge is 0.407 e. The highest BCUT2D eigenvalue weighted by molar-refractivity contribution is 6.74. The van der Waals surface area contributed by atoms with Crippen LogP contribution in [-0.2, 0) is 9.16 Å². The van der Waals surface area contributed by atoms with Gasteiger partial charge in [-0.05, 0) is 41.4 Å². The van der Waals surface area contributed by atoms with Crippen LogP contribution in [0.2, 0.25) is 18.1 Å². The molecule has 1 N–H and O–H groups in total. The van der Waals surface area contributed by atoms with Gasteiger partial charge in [0.1, 0.15) is 18.5 Å². The van der Waals surface area contributed by atoms with Gasteiger partial charge in [0, 0.05) is 16.7 Å². The third-order valence-corrected chi connectivity index (χ3v) is 12.4. The number of hydrogen-bond donors (Lipinski definition) is 1. The first-order valence-electron chi connectivity index (χ1n) is 14.1. The molecule has 1 amide bonds. The summed E-state index contributed by atoms with van der Waals surface area (Å²) in [6.07, 6.45) is 2.98. The molecule has 1 fully saturated rings. The quantitative estimate of drug-likeness (QED) is 0.0801. The highest BCUT2D eigenvalue weighted by Gasteiger charge is 2.51. The van der Waals surface area contributed by atoms with Crippen LogP contribution in [-0.4, -0.2) is 64.8 Å². The maximum absolute atomic E-state index is 12.9. The summed E-state index contributed by atoms with van der Waals surface area (Å²) >= 11 is 0. The molecule has 3 heterocycles. The number of nitrogens with zero attached hydrogens (tertiary/aromatic N) is 8. The SMILES string of the molecule is CC(C)(C)[Si](C)(C)OC1[C@H](n2cnc3c(NC(=O)c4ccccc4)ncnc32)O[C@H](CN=[N+]=[N-])[C@H]1N=Cc1ccccc1. The number of azide groups is 1. The van der Waals surface area contributed by atoms with Gasteiger partial charge in [-0.3, -0.25) is 14.4 Å². The molecule has 0 bridgehead atoms. The van der Waals surface area contributed by atoms with Gasteiger partial charge in [0.25, 0.3) is 5.91 Å². The molecule has 1 unspecified atom stereocenters. The maximum Gasteiger partial charge on any atom is 0.256 e. The van der Waals surface area contributed by atoms with E-state index in [1.165, 1.54) is 6.33 Å². The Morgan fingerprint density at radius 2 is 1.81 bits per heavy atom. The molecule has 222 valence electrons. The van der Waals surface area contributed by atoms with Crippen molar-refractivity contribution in [1.82, 2.24) is 19.5 Å². The monoisotopic (exact) mass is 597 g/mol. The molecule has 0 radical (unpaired) electrons. The fourth-order valence-electron chi connectivity index (χ4n) is 4.64. The minimum atomic E-state index is -2.35. The van der Waals surface area contributed by atoms with Gasteiger partial charge in [0.2, 0.25) is 0 Å². The first kappa shape index (κ1) is 30.0. The predicted octanol–water partition coefficient (Wildman–Crippen LogP) is 6.16. The van der Waals surface area contributed by atoms with Crippen LogP contribution in [0, 0.1) is 0 Å². The van der Waals surface area contributed by atoms with Crippen LogP contribution < -0.4 is 5.32 Å². The molecule has 4 atom stereocenters. The number of benzene rings is 2. The number of ether oxygens (including phenoxy) is 1. The molecule has 4 aromatic rings. The van der Waals surface area contributed by atoms with E-state index in [4.69, 9.17) is 19.7 Å². The van der Waals surface area contributed by atoms with Gasteiger partial charge < -0.3 is 14.5 Å². The lowest BCUT2D eigenvalue weighted by Crippen LogP contribution is -2.48. The second-order valence-electron chi connectivity index (χ2n) is 11.9. The van der Waals surface area contributed by atoms with Crippen molar-refractivity contribution in [3.05, 3.63) is 94.9 Å². The van der Waals surface area contributed by atoms with Crippen molar-refractivity contribution in [1.29, 1.82) is 0 Å². The lowest BCUT2D eigenvalue weighted by molar-refractivity contribution is -0.0285. The molecular formula is C30H35N9O3Si. The number of anilines is 1. The van der Waals surface area contributed by atoms with E-state index >= 15 is 0 Å². The Balaban J connectivity index is 1.55. The molecule has 5 rings (SSSR count). The summed E-state index contributed by atoms with van der Waals surface area (Å²) in [5.74, 6) is -0.0297. The van der Waals surface area contributed by atoms with Gasteiger partial charge in [-0.15, -0.1) is 0 Å². The van der Waals surface area contributed by atoms with Gasteiger partial charge in [-0.1, -0.05) is 74.4 Å². The van der Waals surface area contributed by atoms with E-state index < -0.39 is 32.8 Å². The summed E-state index contributed by atoms with van der Waals surface area (Å²) in [4.78, 5) is 34.2. The Hall–Kier alpha value is -4.42. The standard InChI is InChI=1S/C30H35N9O3Si/c1-30(2,3)43(4,5)42-25-23(32-16-20-12-8-6-9-13-20)22(17-36-38-31)41-29(25)39-19-35-24-26(33-18-34-27(24)39)37-28(40)21-14-10-7-11-15-21/h6-16,18-19,22-23,25,29H,17H2,1-5H3,(H,33,34,37,40)/t22-,23-,25?,29-/m1/s1. The van der Waals surface area contributed by atoms with E-state index in [1.54, 1.807) is 41.4 Å². The number of hydrogen-bond acceptors (Lipinski definition) is 8. The molecule has 1 aliphatic rings. The highest BCUT2D eigenvalue weighted by Crippen LogP contribution is 2.43. The number of fused-ring (bicyclic) bond motifs is 1. The Labute approximate surface area is 251 Å². The predicted molar refractivity (Wildman–Crippen MR) is 168 cm³/mol. The summed E-state index contributed by atoms with van der Waals surface area (Å²) in [5.41, 5.74) is 11.4. The number of nitrogens with one attached hydrogen (secondary N) is 1. The summed E-state index contributed by atoms with van der Waals surface area (Å²) in [6, 6.07) is 18.2. The van der Waals surface area contributed by atoms with Crippen molar-refractivity contribution in [2.75, 3.05) is 11.9 Å². The number of aromatic nitrogens is 4. The van der Waals surface area contributed by atoms with Crippen LogP contribution in [0.15, 0.2) is 83.4 Å². The van der Waals surface area contributed by atoms with Gasteiger partial charge in [0.05, 0.1) is 19.0 Å². The number of carbonyl (C=O) groups excluding carboxylic acids is 1. The average molecular weight is 598 g/mol. The number of aliphatic imine (C=N–C) groups is 1. The van der Waals surface area contributed by atoms with Crippen molar-refractivity contribution >= 4 is 37.4 Å². The lowest BCUT2D eigenvalue weighted by Gasteiger charge is -2.40. The van der Waals surface area contributed by atoms with E-state index in [-0.39, 0.29) is 23.3 Å². The van der Waals surface area contributed by atoms with Crippen LogP contribution in [0.4, 0.5) is 5.82 Å². The molecule has 0 spiro atoms. The highest BCUT2D eigenvalue weighted by atomic mass is 28.4. The molecule has 2 aromatic carbocycles. The van der Waals surface area contributed by atoms with Gasteiger partial charge in [0.15, 0.2) is 31.5 Å². The first-order valence-corrected chi connectivity index (χ1v) is 17.0. The molecule has 12 nitrogen and oxygen atoms in total. The van der Waals surface area contributed by atoms with Crippen molar-refractivity contribution in [3.63, 3.8) is 0 Å². The molecule has 1 saturated heterocycles. The van der Waals surface area contributed by atoms with Crippen LogP contribution in [0.25, 0.3) is 21.6 Å². The number of imidazole rings is 1. The third-order valence-electron chi connectivity index (χ3n) is 7.97. The van der Waals surface area contributed by atoms with E-state index in [1.807, 2.05) is 36.4 Å². The van der Waals surface area contributed by atoms with Crippen molar-refractivity contribution < 1.29 is 14.0 Å². The molecule has 43 heavy (non-hydrogen) atoms. The summed E-state index contributed by atoms with van der Waals surface area (Å²) in [5, 5.41) is 6.59. The fourth-order valence-corrected chi connectivity index (χ4v) is 5.93.